The minimum atomic E-state index is -1.04. The van der Waals surface area contributed by atoms with Crippen LogP contribution in [0.25, 0.3) is 16.9 Å². The maximum absolute atomic E-state index is 15.2. The van der Waals surface area contributed by atoms with Crippen molar-refractivity contribution in [2.75, 3.05) is 26.4 Å². The Morgan fingerprint density at radius 3 is 2.76 bits per heavy atom. The fourth-order valence-corrected chi connectivity index (χ4v) is 5.32. The molecule has 9 nitrogen and oxygen atoms in total. The standard InChI is InChI=1S/C27H31FN4O5/c1-15-18-4-3-9-37-26(18)21(28)12-19(15)25-20(13-24(33)34)16(2)30-23-14-22(31-32(23)25)27(35)29-8-5-17-6-10-36-11-7-17/h12,14,17H,3-11,13H2,1-2H3,(H,29,35)(H,33,34). The molecule has 196 valence electrons. The predicted octanol–water partition coefficient (Wildman–Crippen LogP) is 3.65. The highest BCUT2D eigenvalue weighted by Crippen LogP contribution is 2.39. The van der Waals surface area contributed by atoms with E-state index in [0.29, 0.717) is 53.7 Å². The number of carboxylic acids is 1. The van der Waals surface area contributed by atoms with E-state index in [0.717, 1.165) is 50.0 Å². The summed E-state index contributed by atoms with van der Waals surface area (Å²) >= 11 is 0. The van der Waals surface area contributed by atoms with Crippen molar-refractivity contribution in [2.24, 2.45) is 5.92 Å². The second kappa shape index (κ2) is 10.5. The number of nitrogens with zero attached hydrogens (tertiary/aromatic N) is 3. The van der Waals surface area contributed by atoms with Gasteiger partial charge in [0.15, 0.2) is 22.9 Å². The molecule has 0 spiro atoms. The Morgan fingerprint density at radius 2 is 2.00 bits per heavy atom. The molecular weight excluding hydrogens is 479 g/mol. The number of nitrogens with one attached hydrogen (secondary N) is 1. The van der Waals surface area contributed by atoms with Gasteiger partial charge in [0.25, 0.3) is 5.91 Å². The summed E-state index contributed by atoms with van der Waals surface area (Å²) in [7, 11) is 0. The Labute approximate surface area is 214 Å². The number of ether oxygens (including phenoxy) is 2. The summed E-state index contributed by atoms with van der Waals surface area (Å²) in [6.45, 7) is 6.09. The number of carboxylic acid groups (broad SMARTS) is 1. The predicted molar refractivity (Wildman–Crippen MR) is 134 cm³/mol. The molecule has 2 aromatic heterocycles. The molecule has 1 amide bonds. The highest BCUT2D eigenvalue weighted by Gasteiger charge is 2.26. The van der Waals surface area contributed by atoms with Gasteiger partial charge in [-0.05, 0) is 63.5 Å². The van der Waals surface area contributed by atoms with Gasteiger partial charge >= 0.3 is 5.97 Å². The average molecular weight is 511 g/mol. The summed E-state index contributed by atoms with van der Waals surface area (Å²) < 4.78 is 27.6. The quantitative estimate of drug-likeness (QED) is 0.499. The van der Waals surface area contributed by atoms with Crippen molar-refractivity contribution in [3.05, 3.63) is 46.0 Å². The molecule has 4 heterocycles. The summed E-state index contributed by atoms with van der Waals surface area (Å²) in [5, 5.41) is 17.1. The number of aromatic nitrogens is 3. The van der Waals surface area contributed by atoms with Gasteiger partial charge in [-0.1, -0.05) is 0 Å². The minimum Gasteiger partial charge on any atom is -0.490 e. The Kier molecular flexibility index (Phi) is 7.10. The highest BCUT2D eigenvalue weighted by atomic mass is 19.1. The Hall–Kier alpha value is -3.53. The smallest absolute Gasteiger partial charge is 0.307 e. The largest absolute Gasteiger partial charge is 0.490 e. The third kappa shape index (κ3) is 5.02. The lowest BCUT2D eigenvalue weighted by Crippen LogP contribution is -2.27. The van der Waals surface area contributed by atoms with Crippen LogP contribution < -0.4 is 10.1 Å². The van der Waals surface area contributed by atoms with Crippen LogP contribution in [-0.2, 0) is 22.4 Å². The van der Waals surface area contributed by atoms with Crippen LogP contribution >= 0.6 is 0 Å². The number of benzene rings is 1. The first-order valence-corrected chi connectivity index (χ1v) is 12.8. The van der Waals surface area contributed by atoms with Gasteiger partial charge in [0, 0.05) is 48.2 Å². The van der Waals surface area contributed by atoms with Crippen LogP contribution in [-0.4, -0.2) is 57.9 Å². The highest BCUT2D eigenvalue weighted by molar-refractivity contribution is 5.93. The Bertz CT molecular complexity index is 1360. The number of hydrogen-bond acceptors (Lipinski definition) is 6. The third-order valence-electron chi connectivity index (χ3n) is 7.34. The number of carbonyl (C=O) groups is 2. The topological polar surface area (TPSA) is 115 Å². The van der Waals surface area contributed by atoms with Crippen molar-refractivity contribution in [2.45, 2.75) is 52.4 Å². The van der Waals surface area contributed by atoms with Crippen LogP contribution in [0.4, 0.5) is 4.39 Å². The van der Waals surface area contributed by atoms with Crippen LogP contribution in [0.5, 0.6) is 5.75 Å². The number of hydrogen-bond donors (Lipinski definition) is 2. The van der Waals surface area contributed by atoms with Gasteiger partial charge in [0.1, 0.15) is 0 Å². The van der Waals surface area contributed by atoms with Crippen molar-refractivity contribution >= 4 is 17.5 Å². The number of amides is 1. The molecule has 37 heavy (non-hydrogen) atoms. The van der Waals surface area contributed by atoms with Crippen molar-refractivity contribution < 1.29 is 28.6 Å². The second-order valence-corrected chi connectivity index (χ2v) is 9.79. The fraction of sp³-hybridized carbons (Fsp3) is 0.481. The van der Waals surface area contributed by atoms with Crippen molar-refractivity contribution in [3.63, 3.8) is 0 Å². The number of carbonyl (C=O) groups excluding carboxylic acids is 1. The van der Waals surface area contributed by atoms with E-state index >= 15 is 4.39 Å². The molecule has 0 aliphatic carbocycles. The summed E-state index contributed by atoms with van der Waals surface area (Å²) in [5.41, 5.74) is 3.99. The first-order chi connectivity index (χ1) is 17.8. The molecule has 0 radical (unpaired) electrons. The summed E-state index contributed by atoms with van der Waals surface area (Å²) in [4.78, 5) is 29.3. The first-order valence-electron chi connectivity index (χ1n) is 12.8. The zero-order valence-corrected chi connectivity index (χ0v) is 21.1. The van der Waals surface area contributed by atoms with Gasteiger partial charge in [-0.25, -0.2) is 13.9 Å². The molecule has 3 aromatic rings. The third-order valence-corrected chi connectivity index (χ3v) is 7.34. The van der Waals surface area contributed by atoms with Crippen LogP contribution in [0.15, 0.2) is 12.1 Å². The molecule has 2 N–H and O–H groups in total. The molecule has 10 heteroatoms. The summed E-state index contributed by atoms with van der Waals surface area (Å²) in [5.74, 6) is -1.10. The van der Waals surface area contributed by atoms with Gasteiger partial charge in [0.2, 0.25) is 0 Å². The van der Waals surface area contributed by atoms with Gasteiger partial charge in [-0.2, -0.15) is 5.10 Å². The van der Waals surface area contributed by atoms with E-state index in [1.54, 1.807) is 13.0 Å². The summed E-state index contributed by atoms with van der Waals surface area (Å²) in [6.07, 6.45) is 3.96. The zero-order chi connectivity index (χ0) is 26.1. The van der Waals surface area contributed by atoms with Crippen molar-refractivity contribution in [1.82, 2.24) is 19.9 Å². The zero-order valence-electron chi connectivity index (χ0n) is 21.1. The summed E-state index contributed by atoms with van der Waals surface area (Å²) in [6, 6.07) is 2.95. The number of fused-ring (bicyclic) bond motifs is 2. The lowest BCUT2D eigenvalue weighted by molar-refractivity contribution is -0.136. The number of aliphatic carboxylic acids is 1. The van der Waals surface area contributed by atoms with E-state index in [4.69, 9.17) is 9.47 Å². The SMILES string of the molecule is Cc1nc2cc(C(=O)NCCC3CCOCC3)nn2c(-c2cc(F)c3c(c2C)CCCO3)c1CC(=O)O. The first kappa shape index (κ1) is 25.1. The maximum Gasteiger partial charge on any atom is 0.307 e. The van der Waals surface area contributed by atoms with E-state index in [1.165, 1.54) is 10.6 Å². The second-order valence-electron chi connectivity index (χ2n) is 9.79. The fourth-order valence-electron chi connectivity index (χ4n) is 5.32. The monoisotopic (exact) mass is 510 g/mol. The molecule has 1 saturated heterocycles. The number of halogens is 1. The van der Waals surface area contributed by atoms with E-state index in [9.17, 15) is 14.7 Å². The Balaban J connectivity index is 1.55. The number of aryl methyl sites for hydroxylation is 1. The van der Waals surface area contributed by atoms with Crippen LogP contribution in [0, 0.1) is 25.6 Å². The molecule has 1 aromatic carbocycles. The van der Waals surface area contributed by atoms with Crippen LogP contribution in [0.1, 0.15) is 58.6 Å². The normalized spacial score (nSPS) is 15.9. The van der Waals surface area contributed by atoms with Crippen molar-refractivity contribution in [3.8, 4) is 17.0 Å². The molecule has 2 aliphatic rings. The molecule has 0 bridgehead atoms. The van der Waals surface area contributed by atoms with Crippen molar-refractivity contribution in [1.29, 1.82) is 0 Å². The maximum atomic E-state index is 15.2. The molecule has 2 aliphatic heterocycles. The van der Waals surface area contributed by atoms with Gasteiger partial charge in [0.05, 0.1) is 18.7 Å². The molecular formula is C27H31FN4O5. The van der Waals surface area contributed by atoms with Gasteiger partial charge in [-0.3, -0.25) is 9.59 Å². The Morgan fingerprint density at radius 1 is 1.22 bits per heavy atom. The van der Waals surface area contributed by atoms with E-state index in [-0.39, 0.29) is 23.8 Å². The molecule has 0 atom stereocenters. The van der Waals surface area contributed by atoms with Crippen LogP contribution in [0.3, 0.4) is 0 Å². The lowest BCUT2D eigenvalue weighted by atomic mass is 9.91. The number of rotatable bonds is 7. The van der Waals surface area contributed by atoms with E-state index in [2.05, 4.69) is 15.4 Å². The van der Waals surface area contributed by atoms with Crippen LogP contribution in [0.2, 0.25) is 0 Å². The minimum absolute atomic E-state index is 0.173. The average Bonchev–Trinajstić information content (AvgIpc) is 3.31. The molecule has 0 saturated carbocycles. The molecule has 1 fully saturated rings. The lowest BCUT2D eigenvalue weighted by Gasteiger charge is -2.23. The molecule has 0 unspecified atom stereocenters. The van der Waals surface area contributed by atoms with E-state index < -0.39 is 11.8 Å². The molecule has 5 rings (SSSR count). The van der Waals surface area contributed by atoms with E-state index in [1.807, 2.05) is 6.92 Å². The van der Waals surface area contributed by atoms with Gasteiger partial charge < -0.3 is 19.9 Å². The van der Waals surface area contributed by atoms with Gasteiger partial charge in [-0.15, -0.1) is 0 Å².